The number of benzene rings is 1. The highest BCUT2D eigenvalue weighted by molar-refractivity contribution is 5.81. The van der Waals surface area contributed by atoms with Gasteiger partial charge in [-0.05, 0) is 12.8 Å². The molecule has 1 atom stereocenters. The first-order chi connectivity index (χ1) is 11.9. The third kappa shape index (κ3) is 4.78. The van der Waals surface area contributed by atoms with Crippen molar-refractivity contribution in [3.05, 3.63) is 39.9 Å². The van der Waals surface area contributed by atoms with Crippen LogP contribution >= 0.6 is 0 Å². The molecule has 1 unspecified atom stereocenters. The van der Waals surface area contributed by atoms with Gasteiger partial charge in [0.05, 0.1) is 24.4 Å². The maximum absolute atomic E-state index is 12.9. The summed E-state index contributed by atoms with van der Waals surface area (Å²) in [7, 11) is 1.33. The molecule has 7 heteroatoms. The molecule has 0 N–H and O–H groups in total. The predicted octanol–water partition coefficient (Wildman–Crippen LogP) is 2.72. The van der Waals surface area contributed by atoms with E-state index in [0.29, 0.717) is 5.56 Å². The second-order valence-electron chi connectivity index (χ2n) is 6.47. The number of methoxy groups -OCH3 is 1. The van der Waals surface area contributed by atoms with E-state index >= 15 is 0 Å². The van der Waals surface area contributed by atoms with E-state index in [1.54, 1.807) is 30.0 Å². The maximum Gasteiger partial charge on any atom is 0.310 e. The van der Waals surface area contributed by atoms with Gasteiger partial charge in [0, 0.05) is 24.2 Å². The highest BCUT2D eigenvalue weighted by Crippen LogP contribution is 2.26. The highest BCUT2D eigenvalue weighted by atomic mass is 16.6. The number of ether oxygens (including phenoxy) is 1. The number of rotatable bonds is 7. The van der Waals surface area contributed by atoms with E-state index in [1.807, 2.05) is 0 Å². The van der Waals surface area contributed by atoms with Gasteiger partial charge in [-0.25, -0.2) is 0 Å². The van der Waals surface area contributed by atoms with Crippen molar-refractivity contribution in [2.24, 2.45) is 5.92 Å². The number of carbonyl (C=O) groups is 2. The normalized spacial score (nSPS) is 15.6. The zero-order valence-corrected chi connectivity index (χ0v) is 14.6. The first kappa shape index (κ1) is 18.9. The maximum atomic E-state index is 12.9. The molecule has 1 saturated carbocycles. The quantitative estimate of drug-likeness (QED) is 0.429. The average Bonchev–Trinajstić information content (AvgIpc) is 3.13. The topological polar surface area (TPSA) is 89.8 Å². The summed E-state index contributed by atoms with van der Waals surface area (Å²) >= 11 is 0. The summed E-state index contributed by atoms with van der Waals surface area (Å²) in [6, 6.07) is 6.36. The lowest BCUT2D eigenvalue weighted by atomic mass is 10.1. The Balaban J connectivity index is 2.17. The molecule has 25 heavy (non-hydrogen) atoms. The van der Waals surface area contributed by atoms with Crippen LogP contribution in [0.15, 0.2) is 24.3 Å². The van der Waals surface area contributed by atoms with Gasteiger partial charge < -0.3 is 9.64 Å². The second kappa shape index (κ2) is 8.60. The molecule has 2 rings (SSSR count). The molecule has 136 valence electrons. The molecule has 1 aliphatic carbocycles. The van der Waals surface area contributed by atoms with E-state index < -0.39 is 10.8 Å². The van der Waals surface area contributed by atoms with Crippen LogP contribution in [-0.4, -0.2) is 41.4 Å². The van der Waals surface area contributed by atoms with E-state index in [4.69, 9.17) is 4.74 Å². The SMILES string of the molecule is COC(=O)C(C)CN(C(=O)Cc1ccccc1[N+](=O)[O-])C1CCCC1. The molecular weight excluding hydrogens is 324 g/mol. The summed E-state index contributed by atoms with van der Waals surface area (Å²) < 4.78 is 4.76. The van der Waals surface area contributed by atoms with Crippen molar-refractivity contribution in [2.75, 3.05) is 13.7 Å². The Bertz CT molecular complexity index is 640. The Morgan fingerprint density at radius 3 is 2.56 bits per heavy atom. The first-order valence-electron chi connectivity index (χ1n) is 8.53. The van der Waals surface area contributed by atoms with Crippen molar-refractivity contribution < 1.29 is 19.2 Å². The molecule has 0 aliphatic heterocycles. The van der Waals surface area contributed by atoms with E-state index in [2.05, 4.69) is 0 Å². The lowest BCUT2D eigenvalue weighted by Crippen LogP contribution is -2.44. The van der Waals surface area contributed by atoms with Gasteiger partial charge in [-0.15, -0.1) is 0 Å². The van der Waals surface area contributed by atoms with Crippen molar-refractivity contribution >= 4 is 17.6 Å². The monoisotopic (exact) mass is 348 g/mol. The molecular formula is C18H24N2O5. The summed E-state index contributed by atoms with van der Waals surface area (Å²) in [5.74, 6) is -0.973. The molecule has 0 saturated heterocycles. The van der Waals surface area contributed by atoms with Crippen LogP contribution in [0.25, 0.3) is 0 Å². The Labute approximate surface area is 147 Å². The number of nitro benzene ring substituents is 1. The minimum absolute atomic E-state index is 0.0401. The van der Waals surface area contributed by atoms with Crippen LogP contribution in [0, 0.1) is 16.0 Å². The third-order valence-corrected chi connectivity index (χ3v) is 4.69. The van der Waals surface area contributed by atoms with E-state index in [-0.39, 0.29) is 36.6 Å². The molecule has 1 aliphatic rings. The zero-order valence-electron chi connectivity index (χ0n) is 14.6. The number of hydrogen-bond acceptors (Lipinski definition) is 5. The summed E-state index contributed by atoms with van der Waals surface area (Å²) in [6.45, 7) is 2.00. The van der Waals surface area contributed by atoms with Gasteiger partial charge in [-0.2, -0.15) is 0 Å². The molecule has 0 aromatic heterocycles. The van der Waals surface area contributed by atoms with E-state index in [9.17, 15) is 19.7 Å². The van der Waals surface area contributed by atoms with Crippen molar-refractivity contribution in [3.8, 4) is 0 Å². The molecule has 1 aromatic rings. The highest BCUT2D eigenvalue weighted by Gasteiger charge is 2.30. The van der Waals surface area contributed by atoms with Crippen LogP contribution in [0.1, 0.15) is 38.2 Å². The van der Waals surface area contributed by atoms with Gasteiger partial charge in [-0.1, -0.05) is 38.0 Å². The number of hydrogen-bond donors (Lipinski definition) is 0. The summed E-state index contributed by atoms with van der Waals surface area (Å²) in [6.07, 6.45) is 3.85. The van der Waals surface area contributed by atoms with Crippen LogP contribution in [0.5, 0.6) is 0 Å². The summed E-state index contributed by atoms with van der Waals surface area (Å²) in [5.41, 5.74) is 0.342. The second-order valence-corrected chi connectivity index (χ2v) is 6.47. The van der Waals surface area contributed by atoms with Gasteiger partial charge in [-0.3, -0.25) is 19.7 Å². The number of nitro groups is 1. The van der Waals surface area contributed by atoms with Gasteiger partial charge in [0.25, 0.3) is 5.69 Å². The molecule has 1 amide bonds. The van der Waals surface area contributed by atoms with Crippen molar-refractivity contribution in [2.45, 2.75) is 45.1 Å². The van der Waals surface area contributed by atoms with Crippen LogP contribution in [0.4, 0.5) is 5.69 Å². The first-order valence-corrected chi connectivity index (χ1v) is 8.53. The van der Waals surface area contributed by atoms with Gasteiger partial charge >= 0.3 is 5.97 Å². The Morgan fingerprint density at radius 1 is 1.32 bits per heavy atom. The van der Waals surface area contributed by atoms with Crippen molar-refractivity contribution in [1.82, 2.24) is 4.90 Å². The molecule has 0 bridgehead atoms. The van der Waals surface area contributed by atoms with E-state index in [1.165, 1.54) is 13.2 Å². The fraction of sp³-hybridized carbons (Fsp3) is 0.556. The van der Waals surface area contributed by atoms with Crippen LogP contribution in [0.3, 0.4) is 0 Å². The van der Waals surface area contributed by atoms with Gasteiger partial charge in [0.2, 0.25) is 5.91 Å². The van der Waals surface area contributed by atoms with Gasteiger partial charge in [0.15, 0.2) is 0 Å². The molecule has 0 radical (unpaired) electrons. The molecule has 0 spiro atoms. The van der Waals surface area contributed by atoms with Crippen molar-refractivity contribution in [1.29, 1.82) is 0 Å². The predicted molar refractivity (Wildman–Crippen MR) is 91.9 cm³/mol. The van der Waals surface area contributed by atoms with Gasteiger partial charge in [0.1, 0.15) is 0 Å². The smallest absolute Gasteiger partial charge is 0.310 e. The minimum atomic E-state index is -0.473. The number of nitrogens with zero attached hydrogens (tertiary/aromatic N) is 2. The standard InChI is InChI=1S/C18H24N2O5/c1-13(18(22)25-2)12-19(15-8-4-5-9-15)17(21)11-14-7-3-6-10-16(14)20(23)24/h3,6-7,10,13,15H,4-5,8-9,11-12H2,1-2H3. The largest absolute Gasteiger partial charge is 0.469 e. The lowest BCUT2D eigenvalue weighted by Gasteiger charge is -2.31. The summed E-state index contributed by atoms with van der Waals surface area (Å²) in [5, 5.41) is 11.2. The fourth-order valence-corrected chi connectivity index (χ4v) is 3.34. The molecule has 7 nitrogen and oxygen atoms in total. The number of carbonyl (C=O) groups excluding carboxylic acids is 2. The van der Waals surface area contributed by atoms with Crippen LogP contribution < -0.4 is 0 Å². The average molecular weight is 348 g/mol. The molecule has 1 aromatic carbocycles. The number of esters is 1. The number of para-hydroxylation sites is 1. The minimum Gasteiger partial charge on any atom is -0.469 e. The Hall–Kier alpha value is -2.44. The third-order valence-electron chi connectivity index (χ3n) is 4.69. The zero-order chi connectivity index (χ0) is 18.4. The molecule has 1 fully saturated rings. The van der Waals surface area contributed by atoms with E-state index in [0.717, 1.165) is 25.7 Å². The fourth-order valence-electron chi connectivity index (χ4n) is 3.34. The molecule has 0 heterocycles. The van der Waals surface area contributed by atoms with Crippen LogP contribution in [0.2, 0.25) is 0 Å². The van der Waals surface area contributed by atoms with Crippen molar-refractivity contribution in [3.63, 3.8) is 0 Å². The van der Waals surface area contributed by atoms with Crippen LogP contribution in [-0.2, 0) is 20.7 Å². The Kier molecular flexibility index (Phi) is 6.50. The lowest BCUT2D eigenvalue weighted by molar-refractivity contribution is -0.385. The Morgan fingerprint density at radius 2 is 1.96 bits per heavy atom. The number of amides is 1. The summed E-state index contributed by atoms with van der Waals surface area (Å²) in [4.78, 5) is 37.0.